The molecule has 0 heterocycles. The third-order valence-corrected chi connectivity index (χ3v) is 21.9. The van der Waals surface area contributed by atoms with Crippen LogP contribution >= 0.6 is 15.6 Å². The van der Waals surface area contributed by atoms with Gasteiger partial charge in [-0.25, -0.2) is 9.13 Å². The molecular formula is C85H166O17P2. The number of carbonyl (C=O) groups excluding carboxylic acids is 4. The number of esters is 4. The Hall–Kier alpha value is -1.94. The van der Waals surface area contributed by atoms with Crippen LogP contribution in [0.2, 0.25) is 0 Å². The second-order valence-corrected chi connectivity index (χ2v) is 34.4. The van der Waals surface area contributed by atoms with Gasteiger partial charge in [0.1, 0.15) is 19.3 Å². The number of aliphatic hydroxyl groups is 1. The Labute approximate surface area is 638 Å². The summed E-state index contributed by atoms with van der Waals surface area (Å²) in [4.78, 5) is 73.2. The van der Waals surface area contributed by atoms with Crippen LogP contribution in [0.25, 0.3) is 0 Å². The second-order valence-electron chi connectivity index (χ2n) is 31.5. The number of ether oxygens (including phenoxy) is 4. The lowest BCUT2D eigenvalue weighted by molar-refractivity contribution is -0.161. The van der Waals surface area contributed by atoms with Crippen molar-refractivity contribution in [3.63, 3.8) is 0 Å². The van der Waals surface area contributed by atoms with Crippen molar-refractivity contribution >= 4 is 39.5 Å². The van der Waals surface area contributed by atoms with Crippen LogP contribution in [0.3, 0.4) is 0 Å². The van der Waals surface area contributed by atoms with Gasteiger partial charge in [0.15, 0.2) is 12.2 Å². The highest BCUT2D eigenvalue weighted by Gasteiger charge is 2.30. The number of phosphoric acid groups is 2. The lowest BCUT2D eigenvalue weighted by Gasteiger charge is -2.21. The lowest BCUT2D eigenvalue weighted by Crippen LogP contribution is -2.30. The molecule has 618 valence electrons. The third-order valence-electron chi connectivity index (χ3n) is 20.0. The highest BCUT2D eigenvalue weighted by molar-refractivity contribution is 7.47. The monoisotopic (exact) mass is 1520 g/mol. The molecule has 0 saturated carbocycles. The average Bonchev–Trinajstić information content (AvgIpc) is 0.904. The Bertz CT molecular complexity index is 1990. The maximum absolute atomic E-state index is 13.1. The van der Waals surface area contributed by atoms with E-state index in [9.17, 15) is 43.2 Å². The molecule has 0 radical (unpaired) electrons. The largest absolute Gasteiger partial charge is 0.472 e. The first kappa shape index (κ1) is 102. The molecule has 0 spiro atoms. The number of carbonyl (C=O) groups is 4. The summed E-state index contributed by atoms with van der Waals surface area (Å²) >= 11 is 0. The first-order chi connectivity index (χ1) is 50.4. The van der Waals surface area contributed by atoms with Gasteiger partial charge in [0.2, 0.25) is 0 Å². The van der Waals surface area contributed by atoms with Crippen LogP contribution in [0.5, 0.6) is 0 Å². The molecule has 2 unspecified atom stereocenters. The van der Waals surface area contributed by atoms with E-state index in [0.717, 1.165) is 102 Å². The summed E-state index contributed by atoms with van der Waals surface area (Å²) in [5, 5.41) is 10.7. The summed E-state index contributed by atoms with van der Waals surface area (Å²) in [7, 11) is -9.93. The van der Waals surface area contributed by atoms with Crippen LogP contribution in [0.1, 0.15) is 452 Å². The summed E-state index contributed by atoms with van der Waals surface area (Å²) < 4.78 is 68.9. The molecule has 104 heavy (non-hydrogen) atoms. The molecule has 3 N–H and O–H groups in total. The lowest BCUT2D eigenvalue weighted by atomic mass is 10.0. The van der Waals surface area contributed by atoms with Gasteiger partial charge in [-0.2, -0.15) is 0 Å². The zero-order chi connectivity index (χ0) is 76.4. The predicted molar refractivity (Wildman–Crippen MR) is 428 cm³/mol. The SMILES string of the molecule is CCCCCCCCCCCCCCCCCCCCC(=O)O[C@H](COC(=O)CCCCCCCCCCCCCCCCC(C)C)COP(=O)(O)OC[C@@H](O)COP(=O)(O)OC[C@@H](COC(=O)CCCCCCCCCCCC(C)C)OC(=O)CCCCCCCCCCCCCCCCCCC. The smallest absolute Gasteiger partial charge is 0.462 e. The zero-order valence-electron chi connectivity index (χ0n) is 68.3. The van der Waals surface area contributed by atoms with Gasteiger partial charge in [0, 0.05) is 25.7 Å². The summed E-state index contributed by atoms with van der Waals surface area (Å²) in [5.74, 6) is -0.558. The zero-order valence-corrected chi connectivity index (χ0v) is 70.1. The van der Waals surface area contributed by atoms with Crippen molar-refractivity contribution in [1.29, 1.82) is 0 Å². The van der Waals surface area contributed by atoms with Crippen LogP contribution < -0.4 is 0 Å². The van der Waals surface area contributed by atoms with Gasteiger partial charge in [0.25, 0.3) is 0 Å². The van der Waals surface area contributed by atoms with Gasteiger partial charge in [-0.15, -0.1) is 0 Å². The van der Waals surface area contributed by atoms with Crippen LogP contribution in [-0.4, -0.2) is 96.7 Å². The molecule has 17 nitrogen and oxygen atoms in total. The van der Waals surface area contributed by atoms with Crippen LogP contribution in [0.15, 0.2) is 0 Å². The van der Waals surface area contributed by atoms with E-state index >= 15 is 0 Å². The van der Waals surface area contributed by atoms with Crippen molar-refractivity contribution in [1.82, 2.24) is 0 Å². The van der Waals surface area contributed by atoms with E-state index in [1.807, 2.05) is 0 Å². The second kappa shape index (κ2) is 76.4. The van der Waals surface area contributed by atoms with Crippen LogP contribution in [0.4, 0.5) is 0 Å². The molecule has 0 aromatic rings. The van der Waals surface area contributed by atoms with Crippen LogP contribution in [-0.2, 0) is 65.4 Å². The molecule has 0 saturated heterocycles. The Morgan fingerprint density at radius 3 is 0.654 bits per heavy atom. The quantitative estimate of drug-likeness (QED) is 0.0222. The molecule has 0 fully saturated rings. The van der Waals surface area contributed by atoms with E-state index in [-0.39, 0.29) is 25.7 Å². The van der Waals surface area contributed by atoms with Crippen molar-refractivity contribution in [2.75, 3.05) is 39.6 Å². The molecule has 19 heteroatoms. The Kier molecular flexibility index (Phi) is 75.0. The third kappa shape index (κ3) is 78.2. The van der Waals surface area contributed by atoms with E-state index in [4.69, 9.17) is 37.0 Å². The van der Waals surface area contributed by atoms with Gasteiger partial charge in [0.05, 0.1) is 26.4 Å². The predicted octanol–water partition coefficient (Wildman–Crippen LogP) is 25.8. The van der Waals surface area contributed by atoms with E-state index in [2.05, 4.69) is 41.5 Å². The van der Waals surface area contributed by atoms with Gasteiger partial charge in [-0.1, -0.05) is 401 Å². The molecule has 0 aromatic heterocycles. The number of aliphatic hydroxyl groups excluding tert-OH is 1. The molecule has 0 aliphatic carbocycles. The maximum atomic E-state index is 13.1. The van der Waals surface area contributed by atoms with Crippen LogP contribution in [0, 0.1) is 11.8 Å². The molecule has 0 aliphatic heterocycles. The minimum Gasteiger partial charge on any atom is -0.462 e. The maximum Gasteiger partial charge on any atom is 0.472 e. The highest BCUT2D eigenvalue weighted by atomic mass is 31.2. The number of hydrogen-bond acceptors (Lipinski definition) is 15. The molecule has 0 bridgehead atoms. The minimum absolute atomic E-state index is 0.108. The van der Waals surface area contributed by atoms with Crippen molar-refractivity contribution in [3.05, 3.63) is 0 Å². The van der Waals surface area contributed by atoms with Gasteiger partial charge < -0.3 is 33.8 Å². The summed E-state index contributed by atoms with van der Waals surface area (Å²) in [6, 6.07) is 0. The Balaban J connectivity index is 5.26. The van der Waals surface area contributed by atoms with Gasteiger partial charge >= 0.3 is 39.5 Å². The fourth-order valence-electron chi connectivity index (χ4n) is 13.2. The van der Waals surface area contributed by atoms with Crippen molar-refractivity contribution in [2.45, 2.75) is 471 Å². The summed E-state index contributed by atoms with van der Waals surface area (Å²) in [5.41, 5.74) is 0. The standard InChI is InChI=1S/C85H166O17P2/c1-7-9-11-13-15-17-19-21-23-25-27-29-35-39-45-52-58-64-70-84(89)101-80(73-95-82(87)67-61-55-49-43-37-33-31-30-32-36-41-47-53-59-65-77(3)4)75-99-103(91,92)97-71-79(86)72-98-104(93,94)100-76-81(74-96-83(88)68-62-56-50-46-40-42-48-54-60-66-78(5)6)102-85(90)69-63-57-51-44-38-34-28-26-24-22-20-18-16-14-12-10-8-2/h77-81,86H,7-76H2,1-6H3,(H,91,92)(H,93,94)/t79-,80-,81-/m1/s1. The van der Waals surface area contributed by atoms with Crippen molar-refractivity contribution < 1.29 is 80.2 Å². The summed E-state index contributed by atoms with van der Waals surface area (Å²) in [6.07, 6.45) is 67.9. The first-order valence-electron chi connectivity index (χ1n) is 44.0. The molecule has 0 rings (SSSR count). The number of rotatable bonds is 84. The fourth-order valence-corrected chi connectivity index (χ4v) is 14.8. The topological polar surface area (TPSA) is 237 Å². The molecule has 0 aromatic carbocycles. The Morgan fingerprint density at radius 1 is 0.260 bits per heavy atom. The summed E-state index contributed by atoms with van der Waals surface area (Å²) in [6.45, 7) is 9.68. The minimum atomic E-state index is -4.96. The van der Waals surface area contributed by atoms with Gasteiger partial charge in [-0.3, -0.25) is 37.3 Å². The number of phosphoric ester groups is 2. The van der Waals surface area contributed by atoms with E-state index in [0.29, 0.717) is 25.7 Å². The fraction of sp³-hybridized carbons (Fsp3) is 0.953. The average molecular weight is 1520 g/mol. The molecule has 0 aliphatic rings. The number of hydrogen-bond donors (Lipinski definition) is 3. The van der Waals surface area contributed by atoms with Crippen molar-refractivity contribution in [3.8, 4) is 0 Å². The highest BCUT2D eigenvalue weighted by Crippen LogP contribution is 2.45. The van der Waals surface area contributed by atoms with Crippen molar-refractivity contribution in [2.24, 2.45) is 11.8 Å². The normalized spacial score (nSPS) is 13.8. The number of unbranched alkanes of at least 4 members (excludes halogenated alkanes) is 54. The van der Waals surface area contributed by atoms with E-state index in [1.165, 1.54) is 270 Å². The molecule has 0 amide bonds. The van der Waals surface area contributed by atoms with Gasteiger partial charge in [-0.05, 0) is 37.5 Å². The molecular weight excluding hydrogens is 1350 g/mol. The Morgan fingerprint density at radius 2 is 0.442 bits per heavy atom. The molecule has 5 atom stereocenters. The van der Waals surface area contributed by atoms with E-state index in [1.54, 1.807) is 0 Å². The first-order valence-corrected chi connectivity index (χ1v) is 47.0. The van der Waals surface area contributed by atoms with E-state index < -0.39 is 97.5 Å².